The summed E-state index contributed by atoms with van der Waals surface area (Å²) >= 11 is 0. The van der Waals surface area contributed by atoms with Crippen molar-refractivity contribution in [1.82, 2.24) is 5.32 Å². The predicted octanol–water partition coefficient (Wildman–Crippen LogP) is 21.1. The van der Waals surface area contributed by atoms with Crippen LogP contribution < -0.4 is 5.32 Å². The topological polar surface area (TPSA) is 95.9 Å². The van der Waals surface area contributed by atoms with Gasteiger partial charge >= 0.3 is 5.97 Å². The van der Waals surface area contributed by atoms with E-state index in [-0.39, 0.29) is 18.5 Å². The smallest absolute Gasteiger partial charge is 0.305 e. The number of aliphatic hydroxyl groups excluding tert-OH is 2. The highest BCUT2D eigenvalue weighted by Gasteiger charge is 2.20. The van der Waals surface area contributed by atoms with Gasteiger partial charge in [0.05, 0.1) is 25.4 Å². The van der Waals surface area contributed by atoms with Crippen LogP contribution in [-0.2, 0) is 14.3 Å². The number of amides is 1. The lowest BCUT2D eigenvalue weighted by atomic mass is 10.0. The Balaban J connectivity index is 3.41. The van der Waals surface area contributed by atoms with Gasteiger partial charge in [0.25, 0.3) is 0 Å². The summed E-state index contributed by atoms with van der Waals surface area (Å²) in [6.45, 7) is 4.95. The number of esters is 1. The van der Waals surface area contributed by atoms with Gasteiger partial charge in [-0.25, -0.2) is 0 Å². The fourth-order valence-corrected chi connectivity index (χ4v) is 10.3. The van der Waals surface area contributed by atoms with Crippen molar-refractivity contribution in [2.24, 2.45) is 0 Å². The zero-order valence-electron chi connectivity index (χ0n) is 49.8. The third-order valence-corrected chi connectivity index (χ3v) is 15.4. The molecule has 6 nitrogen and oxygen atoms in total. The minimum absolute atomic E-state index is 0.00303. The Morgan fingerprint density at radius 1 is 0.378 bits per heavy atom. The molecule has 0 aromatic rings. The van der Waals surface area contributed by atoms with E-state index >= 15 is 0 Å². The quantitative estimate of drug-likeness (QED) is 0.0320. The summed E-state index contributed by atoms with van der Waals surface area (Å²) in [6.07, 6.45) is 80.2. The zero-order valence-corrected chi connectivity index (χ0v) is 49.8. The maximum atomic E-state index is 12.5. The van der Waals surface area contributed by atoms with Crippen molar-refractivity contribution < 1.29 is 24.5 Å². The molecule has 2 unspecified atom stereocenters. The van der Waals surface area contributed by atoms with Crippen LogP contribution in [0.4, 0.5) is 0 Å². The van der Waals surface area contributed by atoms with Gasteiger partial charge in [-0.1, -0.05) is 301 Å². The highest BCUT2D eigenvalue weighted by Crippen LogP contribution is 2.18. The van der Waals surface area contributed by atoms with Gasteiger partial charge < -0.3 is 20.3 Å². The second kappa shape index (κ2) is 63.6. The summed E-state index contributed by atoms with van der Waals surface area (Å²) < 4.78 is 5.49. The number of ether oxygens (including phenoxy) is 1. The molecule has 3 N–H and O–H groups in total. The molecule has 0 aromatic heterocycles. The monoisotopic (exact) mass is 1040 g/mol. The SMILES string of the molecule is CCCCCC/C=C\C/C=C\CCCCCCCCCC(=O)OCCCCCCCCCCCCC/C=C\CCCCCCCCCC(=O)NC(CO)C(O)CCCCCCCCCCCCCCCCCCC. The summed E-state index contributed by atoms with van der Waals surface area (Å²) in [6, 6.07) is -0.547. The molecule has 0 aliphatic rings. The second-order valence-electron chi connectivity index (χ2n) is 22.8. The van der Waals surface area contributed by atoms with Crippen LogP contribution in [0.15, 0.2) is 36.5 Å². The number of allylic oxidation sites excluding steroid dienone is 6. The number of unbranched alkanes of at least 4 members (excludes halogenated alkanes) is 45. The lowest BCUT2D eigenvalue weighted by molar-refractivity contribution is -0.143. The van der Waals surface area contributed by atoms with E-state index in [1.54, 1.807) is 0 Å². The maximum Gasteiger partial charge on any atom is 0.305 e. The summed E-state index contributed by atoms with van der Waals surface area (Å²) in [5.41, 5.74) is 0. The molecule has 0 heterocycles. The third-order valence-electron chi connectivity index (χ3n) is 15.4. The Morgan fingerprint density at radius 3 is 1.05 bits per heavy atom. The Kier molecular flexibility index (Phi) is 62.0. The minimum atomic E-state index is -0.669. The van der Waals surface area contributed by atoms with E-state index in [4.69, 9.17) is 4.74 Å². The summed E-state index contributed by atoms with van der Waals surface area (Å²) in [4.78, 5) is 24.6. The van der Waals surface area contributed by atoms with Crippen molar-refractivity contribution in [3.8, 4) is 0 Å². The summed E-state index contributed by atoms with van der Waals surface area (Å²) in [5, 5.41) is 23.3. The largest absolute Gasteiger partial charge is 0.466 e. The zero-order chi connectivity index (χ0) is 53.6. The summed E-state index contributed by atoms with van der Waals surface area (Å²) in [7, 11) is 0. The highest BCUT2D eigenvalue weighted by atomic mass is 16.5. The third kappa shape index (κ3) is 59.3. The van der Waals surface area contributed by atoms with E-state index in [9.17, 15) is 19.8 Å². The molecule has 1 amide bonds. The van der Waals surface area contributed by atoms with Crippen molar-refractivity contribution in [3.05, 3.63) is 36.5 Å². The molecule has 0 saturated carbocycles. The van der Waals surface area contributed by atoms with Crippen molar-refractivity contribution >= 4 is 11.9 Å². The highest BCUT2D eigenvalue weighted by molar-refractivity contribution is 5.76. The van der Waals surface area contributed by atoms with Crippen LogP contribution in [0.5, 0.6) is 0 Å². The number of nitrogens with one attached hydrogen (secondary N) is 1. The van der Waals surface area contributed by atoms with Gasteiger partial charge in [-0.3, -0.25) is 9.59 Å². The standard InChI is InChI=1S/C68H129NO5/c1-3-5-7-9-11-13-15-17-19-21-30-34-38-42-46-50-54-58-62-68(73)74-63-59-55-51-47-43-39-35-31-27-25-23-22-24-26-29-33-37-41-45-49-53-57-61-67(72)69-65(64-70)66(71)60-56-52-48-44-40-36-32-28-20-18-16-14-12-10-8-6-4-2/h13,15,19,21,24,26,65-66,70-71H,3-12,14,16-18,20,22-23,25,27-64H2,1-2H3,(H,69,72)/b15-13-,21-19-,26-24-. The van der Waals surface area contributed by atoms with E-state index in [1.165, 1.54) is 276 Å². The molecule has 2 atom stereocenters. The van der Waals surface area contributed by atoms with E-state index < -0.39 is 12.1 Å². The van der Waals surface area contributed by atoms with Gasteiger partial charge in [0, 0.05) is 12.8 Å². The molecule has 0 bridgehead atoms. The minimum Gasteiger partial charge on any atom is -0.466 e. The average Bonchev–Trinajstić information content (AvgIpc) is 3.40. The van der Waals surface area contributed by atoms with E-state index in [0.717, 1.165) is 51.4 Å². The van der Waals surface area contributed by atoms with Crippen LogP contribution in [0.1, 0.15) is 361 Å². The Labute approximate surface area is 462 Å². The summed E-state index contributed by atoms with van der Waals surface area (Å²) in [5.74, 6) is -0.0367. The molecule has 0 aliphatic carbocycles. The van der Waals surface area contributed by atoms with Crippen molar-refractivity contribution in [2.45, 2.75) is 373 Å². The number of carbonyl (C=O) groups excluding carboxylic acids is 2. The number of rotatable bonds is 62. The molecule has 0 rings (SSSR count). The maximum absolute atomic E-state index is 12.5. The van der Waals surface area contributed by atoms with Gasteiger partial charge in [-0.15, -0.1) is 0 Å². The molecule has 0 spiro atoms. The molecule has 0 aliphatic heterocycles. The number of carbonyl (C=O) groups is 2. The lowest BCUT2D eigenvalue weighted by Crippen LogP contribution is -2.45. The number of hydrogen-bond donors (Lipinski definition) is 3. The lowest BCUT2D eigenvalue weighted by Gasteiger charge is -2.22. The van der Waals surface area contributed by atoms with Crippen LogP contribution >= 0.6 is 0 Å². The molecule has 0 saturated heterocycles. The van der Waals surface area contributed by atoms with Crippen LogP contribution in [-0.4, -0.2) is 47.4 Å². The van der Waals surface area contributed by atoms with Crippen molar-refractivity contribution in [1.29, 1.82) is 0 Å². The molecule has 0 fully saturated rings. The molecule has 6 heteroatoms. The number of hydrogen-bond acceptors (Lipinski definition) is 5. The normalized spacial score (nSPS) is 12.8. The van der Waals surface area contributed by atoms with Crippen LogP contribution in [0.25, 0.3) is 0 Å². The van der Waals surface area contributed by atoms with Crippen LogP contribution in [0, 0.1) is 0 Å². The van der Waals surface area contributed by atoms with Crippen LogP contribution in [0.3, 0.4) is 0 Å². The second-order valence-corrected chi connectivity index (χ2v) is 22.8. The van der Waals surface area contributed by atoms with Crippen LogP contribution in [0.2, 0.25) is 0 Å². The fraction of sp³-hybridized carbons (Fsp3) is 0.882. The predicted molar refractivity (Wildman–Crippen MR) is 324 cm³/mol. The number of aliphatic hydroxyl groups is 2. The van der Waals surface area contributed by atoms with Gasteiger partial charge in [-0.05, 0) is 83.5 Å². The van der Waals surface area contributed by atoms with E-state index in [1.807, 2.05) is 0 Å². The molecule has 0 radical (unpaired) electrons. The first kappa shape index (κ1) is 72.1. The van der Waals surface area contributed by atoms with E-state index in [2.05, 4.69) is 55.6 Å². The Hall–Kier alpha value is -1.92. The van der Waals surface area contributed by atoms with Crippen molar-refractivity contribution in [2.75, 3.05) is 13.2 Å². The average molecular weight is 1040 g/mol. The molecule has 74 heavy (non-hydrogen) atoms. The Morgan fingerprint density at radius 2 is 0.676 bits per heavy atom. The van der Waals surface area contributed by atoms with Gasteiger partial charge in [0.2, 0.25) is 5.91 Å². The first-order valence-electron chi connectivity index (χ1n) is 33.2. The molecule has 0 aromatic carbocycles. The van der Waals surface area contributed by atoms with Crippen molar-refractivity contribution in [3.63, 3.8) is 0 Å². The Bertz CT molecular complexity index is 1200. The van der Waals surface area contributed by atoms with Gasteiger partial charge in [0.1, 0.15) is 0 Å². The van der Waals surface area contributed by atoms with E-state index in [0.29, 0.717) is 25.9 Å². The first-order valence-corrected chi connectivity index (χ1v) is 33.2. The first-order chi connectivity index (χ1) is 36.5. The van der Waals surface area contributed by atoms with Gasteiger partial charge in [0.15, 0.2) is 0 Å². The molecular weight excluding hydrogens is 911 g/mol. The molecule has 436 valence electrons. The fourth-order valence-electron chi connectivity index (χ4n) is 10.3. The molecular formula is C68H129NO5. The van der Waals surface area contributed by atoms with Gasteiger partial charge in [-0.2, -0.15) is 0 Å².